The number of pyridine rings is 1. The molecule has 3 aliphatic rings. The lowest BCUT2D eigenvalue weighted by Gasteiger charge is -2.37. The summed E-state index contributed by atoms with van der Waals surface area (Å²) in [5.74, 6) is -0.00918. The van der Waals surface area contributed by atoms with E-state index < -0.39 is 0 Å². The van der Waals surface area contributed by atoms with E-state index in [2.05, 4.69) is 11.6 Å². The van der Waals surface area contributed by atoms with Gasteiger partial charge in [-0.25, -0.2) is 0 Å². The molecule has 5 heteroatoms. The van der Waals surface area contributed by atoms with Crippen molar-refractivity contribution in [3.05, 3.63) is 42.7 Å². The summed E-state index contributed by atoms with van der Waals surface area (Å²) in [6.07, 6.45) is 11.9. The van der Waals surface area contributed by atoms with Gasteiger partial charge in [-0.2, -0.15) is 0 Å². The molecular weight excluding hydrogens is 338 g/mol. The zero-order valence-corrected chi connectivity index (χ0v) is 16.0. The zero-order valence-electron chi connectivity index (χ0n) is 16.0. The van der Waals surface area contributed by atoms with E-state index in [1.807, 2.05) is 23.1 Å². The number of hydrogen-bond acceptors (Lipinski definition) is 3. The molecule has 0 unspecified atom stereocenters. The quantitative estimate of drug-likeness (QED) is 0.750. The lowest BCUT2D eigenvalue weighted by atomic mass is 9.93. The highest BCUT2D eigenvalue weighted by Gasteiger charge is 2.55. The molecule has 2 amide bonds. The highest BCUT2D eigenvalue weighted by molar-refractivity contribution is 5.93. The van der Waals surface area contributed by atoms with E-state index in [-0.39, 0.29) is 29.3 Å². The zero-order chi connectivity index (χ0) is 18.9. The fourth-order valence-corrected chi connectivity index (χ4v) is 4.80. The van der Waals surface area contributed by atoms with Crippen molar-refractivity contribution in [3.8, 4) is 0 Å². The molecule has 144 valence electrons. The fourth-order valence-electron chi connectivity index (χ4n) is 4.80. The minimum atomic E-state index is -0.344. The SMILES string of the molecule is C=CC(=O)N1CC2(CC2)C[C@@H]1C(=O)N(Cc1ccccn1)C1CCCCC1. The van der Waals surface area contributed by atoms with Crippen molar-refractivity contribution in [1.29, 1.82) is 0 Å². The highest BCUT2D eigenvalue weighted by Crippen LogP contribution is 2.55. The summed E-state index contributed by atoms with van der Waals surface area (Å²) in [6.45, 7) is 4.88. The Morgan fingerprint density at radius 1 is 1.26 bits per heavy atom. The number of rotatable bonds is 5. The van der Waals surface area contributed by atoms with Gasteiger partial charge >= 0.3 is 0 Å². The Kier molecular flexibility index (Phi) is 5.02. The van der Waals surface area contributed by atoms with Crippen LogP contribution in [0.3, 0.4) is 0 Å². The van der Waals surface area contributed by atoms with Crippen molar-refractivity contribution in [2.75, 3.05) is 6.54 Å². The molecule has 1 saturated heterocycles. The molecule has 2 heterocycles. The van der Waals surface area contributed by atoms with Crippen LogP contribution in [-0.2, 0) is 16.1 Å². The lowest BCUT2D eigenvalue weighted by molar-refractivity contribution is -0.144. The number of likely N-dealkylation sites (tertiary alicyclic amines) is 1. The molecule has 2 saturated carbocycles. The Bertz CT molecular complexity index is 708. The molecule has 27 heavy (non-hydrogen) atoms. The molecule has 1 atom stereocenters. The van der Waals surface area contributed by atoms with E-state index in [1.165, 1.54) is 25.3 Å². The van der Waals surface area contributed by atoms with Crippen molar-refractivity contribution in [1.82, 2.24) is 14.8 Å². The third kappa shape index (κ3) is 3.78. The maximum absolute atomic E-state index is 13.7. The molecule has 1 spiro atoms. The Balaban J connectivity index is 1.58. The van der Waals surface area contributed by atoms with E-state index >= 15 is 0 Å². The van der Waals surface area contributed by atoms with Crippen LogP contribution in [0.25, 0.3) is 0 Å². The predicted molar refractivity (Wildman–Crippen MR) is 104 cm³/mol. The van der Waals surface area contributed by atoms with Crippen LogP contribution < -0.4 is 0 Å². The van der Waals surface area contributed by atoms with Gasteiger partial charge in [-0.05, 0) is 55.7 Å². The van der Waals surface area contributed by atoms with Crippen LogP contribution >= 0.6 is 0 Å². The smallest absolute Gasteiger partial charge is 0.246 e. The summed E-state index contributed by atoms with van der Waals surface area (Å²) in [7, 11) is 0. The van der Waals surface area contributed by atoms with Crippen LogP contribution in [-0.4, -0.2) is 45.2 Å². The van der Waals surface area contributed by atoms with Crippen molar-refractivity contribution in [2.45, 2.75) is 70.0 Å². The van der Waals surface area contributed by atoms with Crippen molar-refractivity contribution in [3.63, 3.8) is 0 Å². The summed E-state index contributed by atoms with van der Waals surface area (Å²) in [6, 6.07) is 5.75. The van der Waals surface area contributed by atoms with E-state index in [9.17, 15) is 9.59 Å². The summed E-state index contributed by atoms with van der Waals surface area (Å²) in [5.41, 5.74) is 1.10. The van der Waals surface area contributed by atoms with Gasteiger partial charge in [-0.1, -0.05) is 31.9 Å². The summed E-state index contributed by atoms with van der Waals surface area (Å²) in [5, 5.41) is 0. The van der Waals surface area contributed by atoms with Crippen molar-refractivity contribution < 1.29 is 9.59 Å². The molecule has 1 aromatic heterocycles. The van der Waals surface area contributed by atoms with Crippen LogP contribution in [0.4, 0.5) is 0 Å². The van der Waals surface area contributed by atoms with E-state index in [0.717, 1.165) is 37.8 Å². The second-order valence-electron chi connectivity index (χ2n) is 8.47. The van der Waals surface area contributed by atoms with Crippen LogP contribution in [0.5, 0.6) is 0 Å². The van der Waals surface area contributed by atoms with Crippen molar-refractivity contribution in [2.24, 2.45) is 5.41 Å². The first-order valence-corrected chi connectivity index (χ1v) is 10.3. The Morgan fingerprint density at radius 2 is 2.04 bits per heavy atom. The molecule has 0 radical (unpaired) electrons. The lowest BCUT2D eigenvalue weighted by Crippen LogP contribution is -2.51. The van der Waals surface area contributed by atoms with Gasteiger partial charge in [0.25, 0.3) is 0 Å². The monoisotopic (exact) mass is 367 g/mol. The van der Waals surface area contributed by atoms with Crippen molar-refractivity contribution >= 4 is 11.8 Å². The van der Waals surface area contributed by atoms with Crippen LogP contribution in [0.15, 0.2) is 37.1 Å². The van der Waals surface area contributed by atoms with E-state index in [0.29, 0.717) is 13.1 Å². The second-order valence-corrected chi connectivity index (χ2v) is 8.47. The molecule has 5 nitrogen and oxygen atoms in total. The number of nitrogens with zero attached hydrogens (tertiary/aromatic N) is 3. The summed E-state index contributed by atoms with van der Waals surface area (Å²) >= 11 is 0. The Hall–Kier alpha value is -2.17. The summed E-state index contributed by atoms with van der Waals surface area (Å²) in [4.78, 5) is 34.3. The maximum Gasteiger partial charge on any atom is 0.246 e. The molecule has 1 aliphatic heterocycles. The molecule has 4 rings (SSSR count). The van der Waals surface area contributed by atoms with Crippen LogP contribution in [0.1, 0.15) is 57.1 Å². The van der Waals surface area contributed by atoms with E-state index in [4.69, 9.17) is 0 Å². The minimum Gasteiger partial charge on any atom is -0.332 e. The first-order valence-electron chi connectivity index (χ1n) is 10.3. The number of carbonyl (C=O) groups is 2. The first kappa shape index (κ1) is 18.2. The number of hydrogen-bond donors (Lipinski definition) is 0. The topological polar surface area (TPSA) is 53.5 Å². The largest absolute Gasteiger partial charge is 0.332 e. The van der Waals surface area contributed by atoms with Crippen LogP contribution in [0.2, 0.25) is 0 Å². The summed E-state index contributed by atoms with van der Waals surface area (Å²) < 4.78 is 0. The van der Waals surface area contributed by atoms with Gasteiger partial charge in [0, 0.05) is 18.8 Å². The van der Waals surface area contributed by atoms with Gasteiger partial charge in [0.2, 0.25) is 11.8 Å². The number of aromatic nitrogens is 1. The number of carbonyl (C=O) groups excluding carboxylic acids is 2. The minimum absolute atomic E-state index is 0.103. The van der Waals surface area contributed by atoms with Gasteiger partial charge in [-0.3, -0.25) is 14.6 Å². The molecular formula is C22H29N3O2. The molecule has 0 aromatic carbocycles. The number of amides is 2. The molecule has 3 fully saturated rings. The van der Waals surface area contributed by atoms with Gasteiger partial charge in [0.1, 0.15) is 6.04 Å². The Morgan fingerprint density at radius 3 is 2.67 bits per heavy atom. The highest BCUT2D eigenvalue weighted by atomic mass is 16.2. The standard InChI is InChI=1S/C22H29N3O2/c1-2-20(26)25-16-22(11-12-22)14-19(25)21(27)24(18-9-4-3-5-10-18)15-17-8-6-7-13-23-17/h2,6-8,13,18-19H,1,3-5,9-12,14-16H2/t19-/m1/s1. The third-order valence-corrected chi connectivity index (χ3v) is 6.57. The predicted octanol–water partition coefficient (Wildman–Crippen LogP) is 3.31. The molecule has 0 bridgehead atoms. The maximum atomic E-state index is 13.7. The Labute approximate surface area is 161 Å². The molecule has 0 N–H and O–H groups in total. The second kappa shape index (κ2) is 7.45. The average molecular weight is 367 g/mol. The van der Waals surface area contributed by atoms with Gasteiger partial charge in [0.15, 0.2) is 0 Å². The molecule has 2 aliphatic carbocycles. The molecule has 1 aromatic rings. The third-order valence-electron chi connectivity index (χ3n) is 6.57. The fraction of sp³-hybridized carbons (Fsp3) is 0.591. The average Bonchev–Trinajstić information content (AvgIpc) is 3.36. The van der Waals surface area contributed by atoms with Gasteiger partial charge in [-0.15, -0.1) is 0 Å². The van der Waals surface area contributed by atoms with Crippen LogP contribution in [0, 0.1) is 5.41 Å². The van der Waals surface area contributed by atoms with E-state index in [1.54, 1.807) is 11.1 Å². The van der Waals surface area contributed by atoms with Gasteiger partial charge < -0.3 is 9.80 Å². The normalized spacial score (nSPS) is 24.0. The van der Waals surface area contributed by atoms with Gasteiger partial charge in [0.05, 0.1) is 12.2 Å². The first-order chi connectivity index (χ1) is 13.1.